The lowest BCUT2D eigenvalue weighted by molar-refractivity contribution is -0.138. The number of hydrogen-bond donors (Lipinski definition) is 1. The van der Waals surface area contributed by atoms with Gasteiger partial charge in [0.05, 0.1) is 12.1 Å². The topological polar surface area (TPSA) is 58.8 Å². The lowest BCUT2D eigenvalue weighted by Crippen LogP contribution is -2.50. The molecule has 0 unspecified atom stereocenters. The predicted molar refractivity (Wildman–Crippen MR) is 114 cm³/mol. The van der Waals surface area contributed by atoms with Gasteiger partial charge in [0.2, 0.25) is 5.00 Å². The Bertz CT molecular complexity index is 1160. The molecule has 0 spiro atoms. The van der Waals surface area contributed by atoms with Crippen molar-refractivity contribution < 1.29 is 9.53 Å². The van der Waals surface area contributed by atoms with Crippen LogP contribution < -0.4 is 10.1 Å². The molecule has 1 saturated heterocycles. The Labute approximate surface area is 176 Å². The average molecular weight is 425 g/mol. The van der Waals surface area contributed by atoms with Gasteiger partial charge in [-0.1, -0.05) is 11.6 Å². The molecule has 2 aliphatic heterocycles. The van der Waals surface area contributed by atoms with Gasteiger partial charge >= 0.3 is 0 Å². The van der Waals surface area contributed by atoms with Crippen molar-refractivity contribution >= 4 is 44.1 Å². The number of thiophene rings is 1. The van der Waals surface area contributed by atoms with E-state index in [2.05, 4.69) is 15.1 Å². The van der Waals surface area contributed by atoms with Gasteiger partial charge in [0.15, 0.2) is 6.10 Å². The monoisotopic (exact) mass is 424 g/mol. The van der Waals surface area contributed by atoms with Gasteiger partial charge in [0.1, 0.15) is 5.75 Å². The summed E-state index contributed by atoms with van der Waals surface area (Å²) in [5, 5.41) is 4.45. The Morgan fingerprint density at radius 1 is 1.31 bits per heavy atom. The van der Waals surface area contributed by atoms with E-state index in [1.807, 2.05) is 23.1 Å². The van der Waals surface area contributed by atoms with E-state index in [1.165, 1.54) is 11.3 Å². The highest BCUT2D eigenvalue weighted by molar-refractivity contribution is 7.23. The summed E-state index contributed by atoms with van der Waals surface area (Å²) >= 11 is 7.82. The van der Waals surface area contributed by atoms with E-state index in [0.717, 1.165) is 40.0 Å². The molecule has 0 bridgehead atoms. The number of carbonyl (C=O) groups excluding carboxylic acids is 1. The summed E-state index contributed by atoms with van der Waals surface area (Å²) in [6.45, 7) is 10.3. The second-order valence-electron chi connectivity index (χ2n) is 7.10. The zero-order valence-electron chi connectivity index (χ0n) is 15.4. The summed E-state index contributed by atoms with van der Waals surface area (Å²) in [6, 6.07) is 7.44. The third-order valence-corrected chi connectivity index (χ3v) is 6.57. The summed E-state index contributed by atoms with van der Waals surface area (Å²) < 4.78 is 7.12. The maximum absolute atomic E-state index is 13.0. The van der Waals surface area contributed by atoms with Gasteiger partial charge in [0, 0.05) is 65.2 Å². The number of fused-ring (bicyclic) bond motifs is 2. The van der Waals surface area contributed by atoms with E-state index in [9.17, 15) is 4.79 Å². The van der Waals surface area contributed by atoms with Gasteiger partial charge in [-0.05, 0) is 24.3 Å². The molecule has 0 saturated carbocycles. The molecule has 2 aromatic heterocycles. The van der Waals surface area contributed by atoms with Gasteiger partial charge in [-0.2, -0.15) is 11.3 Å². The number of carbonyl (C=O) groups is 1. The molecule has 1 atom stereocenters. The van der Waals surface area contributed by atoms with Crippen molar-refractivity contribution in [3.63, 3.8) is 0 Å². The van der Waals surface area contributed by atoms with Crippen molar-refractivity contribution in [1.82, 2.24) is 15.2 Å². The predicted octanol–water partition coefficient (Wildman–Crippen LogP) is 3.90. The van der Waals surface area contributed by atoms with Crippen LogP contribution in [0.25, 0.3) is 26.2 Å². The molecule has 146 valence electrons. The molecule has 0 radical (unpaired) electrons. The van der Waals surface area contributed by atoms with Gasteiger partial charge in [-0.3, -0.25) is 9.78 Å². The first-order valence-electron chi connectivity index (χ1n) is 9.39. The highest BCUT2D eigenvalue weighted by Gasteiger charge is 2.35. The SMILES string of the molecule is [C-]#[N+]c1cc2nccc(-c3cc(Cl)cc4c3O[C@@H](C(=O)N3CCNCC3)C4)c2s1. The summed E-state index contributed by atoms with van der Waals surface area (Å²) in [7, 11) is 0. The summed E-state index contributed by atoms with van der Waals surface area (Å²) in [5.74, 6) is 0.726. The fourth-order valence-electron chi connectivity index (χ4n) is 3.94. The third kappa shape index (κ3) is 3.23. The number of halogens is 1. The second-order valence-corrected chi connectivity index (χ2v) is 8.56. The molecule has 3 aromatic rings. The molecule has 1 N–H and O–H groups in total. The second kappa shape index (κ2) is 7.30. The Balaban J connectivity index is 1.55. The smallest absolute Gasteiger partial charge is 0.264 e. The van der Waals surface area contributed by atoms with Gasteiger partial charge in [-0.15, -0.1) is 0 Å². The van der Waals surface area contributed by atoms with E-state index in [1.54, 1.807) is 12.3 Å². The molecular weight excluding hydrogens is 408 g/mol. The lowest BCUT2D eigenvalue weighted by Gasteiger charge is -2.29. The lowest BCUT2D eigenvalue weighted by atomic mass is 10.0. The highest BCUT2D eigenvalue weighted by atomic mass is 35.5. The van der Waals surface area contributed by atoms with Crippen LogP contribution in [0.3, 0.4) is 0 Å². The number of aromatic nitrogens is 1. The van der Waals surface area contributed by atoms with Crippen molar-refractivity contribution in [3.05, 3.63) is 52.5 Å². The van der Waals surface area contributed by atoms with E-state index >= 15 is 0 Å². The largest absolute Gasteiger partial charge is 0.479 e. The first kappa shape index (κ1) is 18.4. The zero-order chi connectivity index (χ0) is 20.0. The van der Waals surface area contributed by atoms with Crippen LogP contribution in [0.2, 0.25) is 5.02 Å². The maximum atomic E-state index is 13.0. The Morgan fingerprint density at radius 2 is 2.14 bits per heavy atom. The number of benzene rings is 1. The first-order chi connectivity index (χ1) is 14.1. The Morgan fingerprint density at radius 3 is 2.93 bits per heavy atom. The van der Waals surface area contributed by atoms with Gasteiger partial charge in [0.25, 0.3) is 5.91 Å². The summed E-state index contributed by atoms with van der Waals surface area (Å²) in [6.07, 6.45) is 1.71. The molecular formula is C21H17ClN4O2S. The standard InChI is InChI=1S/C21H17ClN4O2S/c1-23-18-11-16-20(29-18)14(2-3-25-16)15-10-13(22)8-12-9-17(28-19(12)15)21(27)26-6-4-24-5-7-26/h2-3,8,10-11,17,24H,4-7,9H2/t17-/m1/s1. The van der Waals surface area contributed by atoms with Crippen molar-refractivity contribution in [2.24, 2.45) is 0 Å². The maximum Gasteiger partial charge on any atom is 0.264 e. The number of hydrogen-bond acceptors (Lipinski definition) is 5. The number of piperazine rings is 1. The number of pyridine rings is 1. The molecule has 1 aromatic carbocycles. The van der Waals surface area contributed by atoms with Crippen LogP contribution in [0.1, 0.15) is 5.56 Å². The number of nitrogens with one attached hydrogen (secondary N) is 1. The van der Waals surface area contributed by atoms with Crippen molar-refractivity contribution in [2.45, 2.75) is 12.5 Å². The quantitative estimate of drug-likeness (QED) is 0.634. The molecule has 0 aliphatic carbocycles. The van der Waals surface area contributed by atoms with Gasteiger partial charge < -0.3 is 15.0 Å². The van der Waals surface area contributed by atoms with Crippen molar-refractivity contribution in [1.29, 1.82) is 0 Å². The van der Waals surface area contributed by atoms with Crippen molar-refractivity contribution in [2.75, 3.05) is 26.2 Å². The number of amides is 1. The van der Waals surface area contributed by atoms with Crippen LogP contribution in [-0.2, 0) is 11.2 Å². The molecule has 5 rings (SSSR count). The van der Waals surface area contributed by atoms with Gasteiger partial charge in [-0.25, -0.2) is 4.85 Å². The Kier molecular flexibility index (Phi) is 4.63. The Hall–Kier alpha value is -2.66. The highest BCUT2D eigenvalue weighted by Crippen LogP contribution is 2.45. The summed E-state index contributed by atoms with van der Waals surface area (Å²) in [5.41, 5.74) is 3.48. The van der Waals surface area contributed by atoms with Crippen LogP contribution in [0.4, 0.5) is 5.00 Å². The average Bonchev–Trinajstić information content (AvgIpc) is 3.36. The molecule has 29 heavy (non-hydrogen) atoms. The van der Waals surface area contributed by atoms with Crippen LogP contribution in [0, 0.1) is 6.57 Å². The minimum atomic E-state index is -0.528. The van der Waals surface area contributed by atoms with Crippen LogP contribution in [-0.4, -0.2) is 48.1 Å². The molecule has 4 heterocycles. The number of nitrogens with zero attached hydrogens (tertiary/aromatic N) is 3. The molecule has 1 fully saturated rings. The minimum absolute atomic E-state index is 0.0241. The fourth-order valence-corrected chi connectivity index (χ4v) is 5.11. The van der Waals surface area contributed by atoms with E-state index in [-0.39, 0.29) is 5.91 Å². The van der Waals surface area contributed by atoms with E-state index in [4.69, 9.17) is 22.9 Å². The number of rotatable bonds is 2. The summed E-state index contributed by atoms with van der Waals surface area (Å²) in [4.78, 5) is 22.7. The first-order valence-corrected chi connectivity index (χ1v) is 10.6. The fraction of sp³-hybridized carbons (Fsp3) is 0.286. The van der Waals surface area contributed by atoms with E-state index in [0.29, 0.717) is 35.3 Å². The van der Waals surface area contributed by atoms with Crippen molar-refractivity contribution in [3.8, 4) is 16.9 Å². The molecule has 6 nitrogen and oxygen atoms in total. The molecule has 1 amide bonds. The minimum Gasteiger partial charge on any atom is -0.479 e. The van der Waals surface area contributed by atoms with Crippen LogP contribution in [0.5, 0.6) is 5.75 Å². The van der Waals surface area contributed by atoms with Crippen LogP contribution in [0.15, 0.2) is 30.5 Å². The molecule has 8 heteroatoms. The van der Waals surface area contributed by atoms with E-state index < -0.39 is 6.10 Å². The third-order valence-electron chi connectivity index (χ3n) is 5.30. The van der Waals surface area contributed by atoms with Crippen LogP contribution >= 0.6 is 22.9 Å². The normalized spacial score (nSPS) is 18.3. The zero-order valence-corrected chi connectivity index (χ0v) is 17.0. The number of ether oxygens (including phenoxy) is 1. The molecule has 2 aliphatic rings.